The van der Waals surface area contributed by atoms with Gasteiger partial charge in [-0.05, 0) is 40.0 Å². The SMILES string of the molecule is COCOc1cc(F)cc(F)c1.COCOc1cc(F)cc(OCc2cncn2CCOCc2ccccc2)c1.Cl.N#C[S-].NCCOCc1ccccc1.OCC1(O)COC(O)(CO)CO1.OCc1c[nH]c(=S)n1CCOCc1ccccc1.OCc1cncn1CCOCc1ccccc1.Oc1cc(F)cc(OCc2cncn2CCOCc2ccccc2)c1.[K+]. The van der Waals surface area contributed by atoms with E-state index in [1.54, 1.807) is 49.8 Å². The van der Waals surface area contributed by atoms with Gasteiger partial charge >= 0.3 is 51.4 Å². The Labute approximate surface area is 800 Å². The molecule has 8 aromatic carbocycles. The first-order chi connectivity index (χ1) is 61.3. The van der Waals surface area contributed by atoms with Crippen molar-refractivity contribution in [1.29, 1.82) is 5.26 Å². The van der Waals surface area contributed by atoms with Crippen LogP contribution in [0.4, 0.5) is 17.6 Å². The van der Waals surface area contributed by atoms with Gasteiger partial charge in [0.2, 0.25) is 11.6 Å². The number of halogens is 5. The van der Waals surface area contributed by atoms with Crippen molar-refractivity contribution < 1.29 is 166 Å². The summed E-state index contributed by atoms with van der Waals surface area (Å²) >= 11 is 8.82. The summed E-state index contributed by atoms with van der Waals surface area (Å²) in [4.78, 5) is 15.2. The van der Waals surface area contributed by atoms with E-state index in [0.717, 1.165) is 63.7 Å². The van der Waals surface area contributed by atoms with Crippen LogP contribution in [0.5, 0.6) is 28.7 Å². The molecule has 1 fully saturated rings. The molecule has 128 heavy (non-hydrogen) atoms. The average Bonchev–Trinajstić information content (AvgIpc) is 1.15. The second kappa shape index (κ2) is 66.0. The van der Waals surface area contributed by atoms with Crippen molar-refractivity contribution in [3.63, 3.8) is 0 Å². The van der Waals surface area contributed by atoms with Gasteiger partial charge in [0, 0.05) is 108 Å². The van der Waals surface area contributed by atoms with Crippen molar-refractivity contribution in [3.05, 3.63) is 329 Å². The number of benzene rings is 8. The molecule has 1 aliphatic rings. The number of nitrogens with two attached hydrogens (primary N) is 1. The van der Waals surface area contributed by atoms with Crippen LogP contribution in [-0.2, 0) is 141 Å². The summed E-state index contributed by atoms with van der Waals surface area (Å²) in [6.45, 7) is 7.63. The Morgan fingerprint density at radius 2 is 0.773 bits per heavy atom. The molecule has 0 aliphatic carbocycles. The first-order valence-corrected chi connectivity index (χ1v) is 40.0. The standard InChI is InChI=1S/C21H23FN2O4.C19H19FN2O3.C13H16N2O2S.C13H16N2O2.C9H13NO.C8H8F2O2.C6H12O6.CHNS.ClH.K/c1-25-16-28-21-10-18(22)9-20(11-21)27-14-19-12-23-15-24(19)7-8-26-13-17-5-3-2-4-6-17;20-16-8-18(23)10-19(9-16)25-13-17-11-21-14-22(17)6-7-24-12-15-4-2-1-3-5-15;16-9-12-8-14-13(18)15(12)6-7-17-10-11-4-2-1-3-5-11;16-9-13-8-14-11-15(13)6-7-17-10-12-4-2-1-3-5-12;10-6-7-11-8-9-4-2-1-3-5-9;1-11-5-12-8-3-6(9)2-7(10)4-8;7-1-5(9)3-12-6(10,2-8)4-11-5;2-1-3;;/h2-6,9-12,15H,7-8,13-14,16H2,1H3;1-5,8-11,14,23H,6-7,12-13H2;1-5,8,16H,6-7,9-10H2,(H,14,18);1-5,8,11,16H,6-7,9-10H2;1-5H,6-8,10H2;2-4H,5H2,1H3;7-10H,1-4H2;3H;1H;/q;;;;;;;;;+1/p-1. The Hall–Kier alpha value is -9.46. The summed E-state index contributed by atoms with van der Waals surface area (Å²) in [5.74, 6) is -4.90. The van der Waals surface area contributed by atoms with Crippen molar-refractivity contribution >= 4 is 37.3 Å². The Morgan fingerprint density at radius 1 is 0.461 bits per heavy atom. The maximum Gasteiger partial charge on any atom is 1.00 e. The number of methoxy groups -OCH3 is 2. The monoisotopic (exact) mass is 1860 g/mol. The third-order valence-corrected chi connectivity index (χ3v) is 17.3. The van der Waals surface area contributed by atoms with Crippen LogP contribution in [0.15, 0.2) is 250 Å². The number of thiocyanates is 1. The van der Waals surface area contributed by atoms with Gasteiger partial charge in [-0.3, -0.25) is 0 Å². The third kappa shape index (κ3) is 45.7. The summed E-state index contributed by atoms with van der Waals surface area (Å²) in [5.41, 5.74) is 14.3. The Bertz CT molecular complexity index is 4920. The number of ether oxygens (including phenoxy) is 13. The van der Waals surface area contributed by atoms with Crippen LogP contribution in [0, 0.1) is 38.7 Å². The van der Waals surface area contributed by atoms with Crippen molar-refractivity contribution in [2.24, 2.45) is 5.73 Å². The molecule has 0 saturated carbocycles. The zero-order valence-corrected chi connectivity index (χ0v) is 76.8. The fraction of sp³-hybridized carbons (Fsp3) is 0.322. The summed E-state index contributed by atoms with van der Waals surface area (Å²) < 4.78 is 128. The normalized spacial score (nSPS) is 13.2. The van der Waals surface area contributed by atoms with Crippen LogP contribution >= 0.6 is 24.6 Å². The molecule has 12 aromatic rings. The molecule has 5 heterocycles. The molecular formula is C90H108ClF4KN10O20S2. The number of phenols is 1. The number of hydrogen-bond acceptors (Lipinski definition) is 27. The molecule has 10 N–H and O–H groups in total. The molecule has 38 heteroatoms. The number of aromatic amines is 1. The first kappa shape index (κ1) is 111. The van der Waals surface area contributed by atoms with E-state index in [4.69, 9.17) is 100 Å². The number of imidazole rings is 4. The van der Waals surface area contributed by atoms with Gasteiger partial charge in [0.25, 0.3) is 0 Å². The van der Waals surface area contributed by atoms with Crippen molar-refractivity contribution in [3.8, 4) is 34.1 Å². The van der Waals surface area contributed by atoms with E-state index in [1.165, 1.54) is 55.0 Å². The molecule has 13 rings (SSSR count). The van der Waals surface area contributed by atoms with E-state index in [1.807, 2.05) is 170 Å². The molecule has 0 radical (unpaired) electrons. The summed E-state index contributed by atoms with van der Waals surface area (Å²) in [5, 5.41) is 71.7. The van der Waals surface area contributed by atoms with Gasteiger partial charge in [0.15, 0.2) is 18.4 Å². The van der Waals surface area contributed by atoms with Gasteiger partial charge in [0.05, 0.1) is 153 Å². The van der Waals surface area contributed by atoms with Gasteiger partial charge in [0.1, 0.15) is 78.4 Å². The number of phenolic OH excluding ortho intramolecular Hbond substituents is 1. The minimum absolute atomic E-state index is 0. The quantitative estimate of drug-likeness (QED) is 0.00328. The van der Waals surface area contributed by atoms with E-state index in [-0.39, 0.29) is 134 Å². The maximum absolute atomic E-state index is 13.7. The summed E-state index contributed by atoms with van der Waals surface area (Å²) in [6.07, 6.45) is 11.9. The van der Waals surface area contributed by atoms with E-state index < -0.39 is 48.1 Å². The van der Waals surface area contributed by atoms with Crippen LogP contribution in [0.1, 0.15) is 50.6 Å². The minimum Gasteiger partial charge on any atom is -0.696 e. The second-order valence-corrected chi connectivity index (χ2v) is 27.3. The number of nitriles is 1. The molecule has 0 amide bonds. The molecule has 2 unspecified atom stereocenters. The van der Waals surface area contributed by atoms with Crippen LogP contribution in [0.3, 0.4) is 0 Å². The zero-order chi connectivity index (χ0) is 90.7. The van der Waals surface area contributed by atoms with Gasteiger partial charge in [-0.15, -0.1) is 12.4 Å². The van der Waals surface area contributed by atoms with E-state index >= 15 is 0 Å². The number of aromatic nitrogens is 8. The third-order valence-electron chi connectivity index (χ3n) is 17.0. The van der Waals surface area contributed by atoms with Gasteiger partial charge < -0.3 is 139 Å². The van der Waals surface area contributed by atoms with Gasteiger partial charge in [-0.1, -0.05) is 157 Å². The molecular weight excluding hydrogens is 1760 g/mol. The molecule has 2 atom stereocenters. The Kier molecular flexibility index (Phi) is 57.1. The molecule has 686 valence electrons. The number of nitrogens with one attached hydrogen (secondary N) is 1. The van der Waals surface area contributed by atoms with Gasteiger partial charge in [-0.2, -0.15) is 0 Å². The largest absolute Gasteiger partial charge is 1.00 e. The Balaban J connectivity index is 0.000000318. The molecule has 1 aliphatic heterocycles. The second-order valence-electron chi connectivity index (χ2n) is 26.7. The van der Waals surface area contributed by atoms with Crippen LogP contribution in [-0.4, -0.2) is 179 Å². The Morgan fingerprint density at radius 3 is 1.11 bits per heavy atom. The number of aromatic hydroxyl groups is 1. The molecule has 1 saturated heterocycles. The number of aliphatic hydroxyl groups excluding tert-OH is 4. The molecule has 0 spiro atoms. The van der Waals surface area contributed by atoms with E-state index in [9.17, 15) is 32.9 Å². The molecule has 0 bridgehead atoms. The van der Waals surface area contributed by atoms with Crippen molar-refractivity contribution in [1.82, 2.24) is 38.2 Å². The topological polar surface area (TPSA) is 386 Å². The van der Waals surface area contributed by atoms with Crippen LogP contribution < -0.4 is 76.1 Å². The molecule has 4 aromatic heterocycles. The van der Waals surface area contributed by atoms with E-state index in [0.29, 0.717) is 115 Å². The predicted molar refractivity (Wildman–Crippen MR) is 468 cm³/mol. The summed E-state index contributed by atoms with van der Waals surface area (Å²) in [6, 6.07) is 60.9. The number of nitrogens with zero attached hydrogens (tertiary/aromatic N) is 8. The molecule has 30 nitrogen and oxygen atoms in total. The average molecular weight is 1860 g/mol. The number of rotatable bonds is 40. The first-order valence-electron chi connectivity index (χ1n) is 39.2. The number of H-pyrrole nitrogens is 1. The smallest absolute Gasteiger partial charge is 0.696 e. The number of hydrogen-bond donors (Lipinski definition) is 9. The maximum atomic E-state index is 13.7. The fourth-order valence-electron chi connectivity index (χ4n) is 10.7. The zero-order valence-electron chi connectivity index (χ0n) is 71.2. The van der Waals surface area contributed by atoms with Gasteiger partial charge in [-0.25, -0.2) is 37.8 Å². The fourth-order valence-corrected chi connectivity index (χ4v) is 10.9. The van der Waals surface area contributed by atoms with Crippen LogP contribution in [0.2, 0.25) is 0 Å². The van der Waals surface area contributed by atoms with Crippen molar-refractivity contribution in [2.45, 2.75) is 97.2 Å². The van der Waals surface area contributed by atoms with E-state index in [2.05, 4.69) is 37.3 Å². The number of aliphatic hydroxyl groups is 6. The van der Waals surface area contributed by atoms with Crippen LogP contribution in [0.25, 0.3) is 0 Å². The summed E-state index contributed by atoms with van der Waals surface area (Å²) in [7, 11) is 2.93. The predicted octanol–water partition coefficient (Wildman–Crippen LogP) is 9.12. The minimum atomic E-state index is -1.76. The van der Waals surface area contributed by atoms with Crippen molar-refractivity contribution in [2.75, 3.05) is 93.8 Å².